The molecule has 6 heteroatoms. The first kappa shape index (κ1) is 12.9. The molecule has 3 aromatic rings. The van der Waals surface area contributed by atoms with Gasteiger partial charge in [0.25, 0.3) is 0 Å². The van der Waals surface area contributed by atoms with Crippen LogP contribution < -0.4 is 0 Å². The van der Waals surface area contributed by atoms with E-state index >= 15 is 0 Å². The SMILES string of the molecule is N#Cc1nnn(-c2cccc(F)c2)c1-c1cccc(F)c1. The van der Waals surface area contributed by atoms with Gasteiger partial charge < -0.3 is 0 Å². The van der Waals surface area contributed by atoms with Gasteiger partial charge in [-0.05, 0) is 30.3 Å². The van der Waals surface area contributed by atoms with Gasteiger partial charge in [0, 0.05) is 5.56 Å². The quantitative estimate of drug-likeness (QED) is 0.725. The van der Waals surface area contributed by atoms with Gasteiger partial charge in [0.2, 0.25) is 0 Å². The number of nitriles is 1. The molecule has 0 radical (unpaired) electrons. The van der Waals surface area contributed by atoms with Crippen LogP contribution in [0.4, 0.5) is 8.78 Å². The van der Waals surface area contributed by atoms with E-state index in [-0.39, 0.29) is 5.69 Å². The van der Waals surface area contributed by atoms with Gasteiger partial charge >= 0.3 is 0 Å². The molecule has 21 heavy (non-hydrogen) atoms. The van der Waals surface area contributed by atoms with Gasteiger partial charge in [-0.15, -0.1) is 5.10 Å². The minimum atomic E-state index is -0.441. The Morgan fingerprint density at radius 3 is 2.38 bits per heavy atom. The molecule has 0 spiro atoms. The van der Waals surface area contributed by atoms with Crippen LogP contribution in [-0.2, 0) is 0 Å². The van der Waals surface area contributed by atoms with Crippen LogP contribution in [0.3, 0.4) is 0 Å². The smallest absolute Gasteiger partial charge is 0.191 e. The second kappa shape index (κ2) is 5.13. The molecule has 0 aliphatic rings. The van der Waals surface area contributed by atoms with Gasteiger partial charge in [-0.2, -0.15) is 5.26 Å². The first-order valence-corrected chi connectivity index (χ1v) is 6.07. The first-order valence-electron chi connectivity index (χ1n) is 6.07. The summed E-state index contributed by atoms with van der Waals surface area (Å²) < 4.78 is 28.1. The van der Waals surface area contributed by atoms with E-state index in [1.807, 2.05) is 6.07 Å². The third kappa shape index (κ3) is 2.37. The maximum absolute atomic E-state index is 13.4. The van der Waals surface area contributed by atoms with E-state index in [9.17, 15) is 8.78 Å². The highest BCUT2D eigenvalue weighted by Gasteiger charge is 2.16. The average molecular weight is 282 g/mol. The summed E-state index contributed by atoms with van der Waals surface area (Å²) >= 11 is 0. The predicted molar refractivity (Wildman–Crippen MR) is 71.4 cm³/mol. The molecule has 102 valence electrons. The third-order valence-electron chi connectivity index (χ3n) is 2.93. The summed E-state index contributed by atoms with van der Waals surface area (Å²) in [4.78, 5) is 0. The summed E-state index contributed by atoms with van der Waals surface area (Å²) in [6, 6.07) is 13.3. The molecule has 3 rings (SSSR count). The van der Waals surface area contributed by atoms with Gasteiger partial charge in [0.05, 0.1) is 5.69 Å². The van der Waals surface area contributed by atoms with E-state index in [2.05, 4.69) is 10.3 Å². The zero-order valence-corrected chi connectivity index (χ0v) is 10.7. The molecule has 2 aromatic carbocycles. The molecule has 0 saturated carbocycles. The molecule has 1 aromatic heterocycles. The number of halogens is 2. The fraction of sp³-hybridized carbons (Fsp3) is 0. The molecule has 0 atom stereocenters. The van der Waals surface area contributed by atoms with E-state index in [4.69, 9.17) is 5.26 Å². The lowest BCUT2D eigenvalue weighted by Gasteiger charge is -2.07. The molecule has 0 saturated heterocycles. The lowest BCUT2D eigenvalue weighted by Crippen LogP contribution is -2.00. The Bertz CT molecular complexity index is 849. The van der Waals surface area contributed by atoms with E-state index in [1.54, 1.807) is 12.1 Å². The van der Waals surface area contributed by atoms with Gasteiger partial charge in [0.15, 0.2) is 5.69 Å². The molecule has 1 heterocycles. The van der Waals surface area contributed by atoms with E-state index in [0.29, 0.717) is 16.9 Å². The van der Waals surface area contributed by atoms with Crippen molar-refractivity contribution in [2.75, 3.05) is 0 Å². The lowest BCUT2D eigenvalue weighted by molar-refractivity contribution is 0.624. The highest BCUT2D eigenvalue weighted by molar-refractivity contribution is 5.67. The van der Waals surface area contributed by atoms with E-state index in [1.165, 1.54) is 41.1 Å². The van der Waals surface area contributed by atoms with Crippen LogP contribution in [0.2, 0.25) is 0 Å². The van der Waals surface area contributed by atoms with Crippen molar-refractivity contribution in [1.82, 2.24) is 15.0 Å². The normalized spacial score (nSPS) is 10.3. The number of aromatic nitrogens is 3. The topological polar surface area (TPSA) is 54.5 Å². The second-order valence-corrected chi connectivity index (χ2v) is 4.30. The Morgan fingerprint density at radius 2 is 1.71 bits per heavy atom. The van der Waals surface area contributed by atoms with Crippen molar-refractivity contribution in [3.8, 4) is 23.0 Å². The fourth-order valence-electron chi connectivity index (χ4n) is 2.04. The first-order chi connectivity index (χ1) is 10.2. The summed E-state index contributed by atoms with van der Waals surface area (Å²) in [5.74, 6) is -0.880. The predicted octanol–water partition coefficient (Wildman–Crippen LogP) is 3.08. The van der Waals surface area contributed by atoms with Crippen molar-refractivity contribution in [3.05, 3.63) is 65.9 Å². The van der Waals surface area contributed by atoms with Gasteiger partial charge in [0.1, 0.15) is 23.4 Å². The number of hydrogen-bond donors (Lipinski definition) is 0. The Balaban J connectivity index is 2.25. The molecule has 0 unspecified atom stereocenters. The monoisotopic (exact) mass is 282 g/mol. The zero-order chi connectivity index (χ0) is 14.8. The third-order valence-corrected chi connectivity index (χ3v) is 2.93. The van der Waals surface area contributed by atoms with Gasteiger partial charge in [-0.1, -0.05) is 23.4 Å². The average Bonchev–Trinajstić information content (AvgIpc) is 2.91. The molecule has 4 nitrogen and oxygen atoms in total. The summed E-state index contributed by atoms with van der Waals surface area (Å²) in [5.41, 5.74) is 1.22. The van der Waals surface area contributed by atoms with Crippen LogP contribution in [0, 0.1) is 23.0 Å². The van der Waals surface area contributed by atoms with Crippen LogP contribution in [-0.4, -0.2) is 15.0 Å². The fourth-order valence-corrected chi connectivity index (χ4v) is 2.04. The van der Waals surface area contributed by atoms with Crippen LogP contribution in [0.5, 0.6) is 0 Å². The summed E-state index contributed by atoms with van der Waals surface area (Å²) in [7, 11) is 0. The Hall–Kier alpha value is -3.07. The van der Waals surface area contributed by atoms with Crippen molar-refractivity contribution in [3.63, 3.8) is 0 Å². The van der Waals surface area contributed by atoms with Crippen LogP contribution in [0.1, 0.15) is 5.69 Å². The van der Waals surface area contributed by atoms with Crippen LogP contribution in [0.25, 0.3) is 16.9 Å². The van der Waals surface area contributed by atoms with Gasteiger partial charge in [-0.25, -0.2) is 13.5 Å². The standard InChI is InChI=1S/C15H8F2N4/c16-11-4-1-3-10(7-11)15-14(9-18)19-20-21(15)13-6-2-5-12(17)8-13/h1-8H. The number of nitrogens with zero attached hydrogens (tertiary/aromatic N) is 4. The number of hydrogen-bond acceptors (Lipinski definition) is 3. The second-order valence-electron chi connectivity index (χ2n) is 4.30. The molecule has 0 fully saturated rings. The largest absolute Gasteiger partial charge is 0.211 e. The van der Waals surface area contributed by atoms with Crippen LogP contribution >= 0.6 is 0 Å². The van der Waals surface area contributed by atoms with Gasteiger partial charge in [-0.3, -0.25) is 0 Å². The van der Waals surface area contributed by atoms with E-state index < -0.39 is 11.6 Å². The maximum atomic E-state index is 13.4. The summed E-state index contributed by atoms with van der Waals surface area (Å²) in [6.45, 7) is 0. The molecular formula is C15H8F2N4. The Labute approximate surface area is 118 Å². The Morgan fingerprint density at radius 1 is 1.00 bits per heavy atom. The molecule has 0 bridgehead atoms. The molecule has 0 aliphatic carbocycles. The number of benzene rings is 2. The van der Waals surface area contributed by atoms with Crippen LogP contribution in [0.15, 0.2) is 48.5 Å². The van der Waals surface area contributed by atoms with Crippen molar-refractivity contribution in [1.29, 1.82) is 5.26 Å². The Kier molecular flexibility index (Phi) is 3.16. The molecule has 0 aliphatic heterocycles. The van der Waals surface area contributed by atoms with E-state index in [0.717, 1.165) is 0 Å². The van der Waals surface area contributed by atoms with Crippen molar-refractivity contribution < 1.29 is 8.78 Å². The minimum absolute atomic E-state index is 0.0462. The van der Waals surface area contributed by atoms with Crippen molar-refractivity contribution in [2.24, 2.45) is 0 Å². The minimum Gasteiger partial charge on any atom is -0.211 e. The lowest BCUT2D eigenvalue weighted by atomic mass is 10.1. The zero-order valence-electron chi connectivity index (χ0n) is 10.7. The highest BCUT2D eigenvalue weighted by Crippen LogP contribution is 2.25. The maximum Gasteiger partial charge on any atom is 0.191 e. The van der Waals surface area contributed by atoms with Crippen molar-refractivity contribution >= 4 is 0 Å². The number of rotatable bonds is 2. The highest BCUT2D eigenvalue weighted by atomic mass is 19.1. The van der Waals surface area contributed by atoms with Crippen molar-refractivity contribution in [2.45, 2.75) is 0 Å². The summed E-state index contributed by atoms with van der Waals surface area (Å²) in [5, 5.41) is 16.7. The molecule has 0 amide bonds. The molecule has 0 N–H and O–H groups in total. The summed E-state index contributed by atoms with van der Waals surface area (Å²) in [6.07, 6.45) is 0. The molecular weight excluding hydrogens is 274 g/mol.